The van der Waals surface area contributed by atoms with Crippen molar-refractivity contribution in [1.29, 1.82) is 0 Å². The summed E-state index contributed by atoms with van der Waals surface area (Å²) in [7, 11) is 2.53. The number of ether oxygens (including phenoxy) is 2. The van der Waals surface area contributed by atoms with Crippen LogP contribution in [-0.4, -0.2) is 87.6 Å². The number of amides is 4. The van der Waals surface area contributed by atoms with E-state index in [1.54, 1.807) is 22.2 Å². The number of carbonyl (C=O) groups is 4. The molecule has 2 aliphatic rings. The highest BCUT2D eigenvalue weighted by Gasteiger charge is 2.50. The number of nitrogens with zero attached hydrogens (tertiary/aromatic N) is 4. The number of likely N-dealkylation sites (tertiary alicyclic amines) is 1. The predicted molar refractivity (Wildman–Crippen MR) is 264 cm³/mol. The minimum absolute atomic E-state index is 0.0171. The Bertz CT molecular complexity index is 2690. The van der Waals surface area contributed by atoms with Crippen LogP contribution in [0.3, 0.4) is 0 Å². The van der Waals surface area contributed by atoms with Crippen LogP contribution in [0.5, 0.6) is 0 Å². The van der Waals surface area contributed by atoms with Crippen LogP contribution in [0.1, 0.15) is 83.1 Å². The predicted octanol–water partition coefficient (Wildman–Crippen LogP) is 8.90. The molecule has 1 saturated carbocycles. The number of hydrogen-bond donors (Lipinski definition) is 5. The Kier molecular flexibility index (Phi) is 16.4. The third kappa shape index (κ3) is 11.4. The number of nitrogens with one attached hydrogen (secondary N) is 4. The van der Waals surface area contributed by atoms with E-state index in [4.69, 9.17) is 10.5 Å². The lowest BCUT2D eigenvalue weighted by Gasteiger charge is -2.37. The lowest BCUT2D eigenvalue weighted by molar-refractivity contribution is -0.136. The largest absolute Gasteiger partial charge is 0.453 e. The van der Waals surface area contributed by atoms with Gasteiger partial charge in [-0.1, -0.05) is 113 Å². The van der Waals surface area contributed by atoms with Gasteiger partial charge in [-0.2, -0.15) is 0 Å². The monoisotopic (exact) mass is 921 g/mol. The first kappa shape index (κ1) is 50.0. The minimum atomic E-state index is -1.15. The van der Waals surface area contributed by atoms with Crippen LogP contribution in [0.15, 0.2) is 103 Å². The molecule has 1 unspecified atom stereocenters. The summed E-state index contributed by atoms with van der Waals surface area (Å²) in [4.78, 5) is 71.0. The van der Waals surface area contributed by atoms with Crippen molar-refractivity contribution < 1.29 is 28.7 Å². The van der Waals surface area contributed by atoms with Crippen molar-refractivity contribution in [2.75, 3.05) is 33.9 Å². The van der Waals surface area contributed by atoms with Gasteiger partial charge in [-0.15, -0.1) is 12.8 Å². The lowest BCUT2D eigenvalue weighted by atomic mass is 9.90. The summed E-state index contributed by atoms with van der Waals surface area (Å²) in [6.45, 7) is 9.49. The summed E-state index contributed by atoms with van der Waals surface area (Å²) in [5.41, 5.74) is 12.2. The number of fused-ring (bicyclic) bond motifs is 1. The molecule has 4 aromatic carbocycles. The van der Waals surface area contributed by atoms with E-state index in [2.05, 4.69) is 117 Å². The smallest absolute Gasteiger partial charge is 0.407 e. The number of aromatic amines is 2. The quantitative estimate of drug-likeness (QED) is 0.0662. The van der Waals surface area contributed by atoms with Crippen molar-refractivity contribution in [1.82, 2.24) is 40.4 Å². The molecule has 1 saturated heterocycles. The van der Waals surface area contributed by atoms with Gasteiger partial charge in [0.2, 0.25) is 11.8 Å². The number of rotatable bonds is 14. The van der Waals surface area contributed by atoms with Crippen molar-refractivity contribution in [3.63, 3.8) is 0 Å². The standard InChI is InChI=1S/C48H53N9O6.C3H8.C2H2/c1-5-37-19-22-57(41(58)27-52-45(60)62-3)48(37,49)44-51-26-38(54-44)31-13-11-30(12-14-31)33-15-16-35-24-36(18-17-34(35)23-33)39-25-50-40(53-39)28-56(29-47(2)20-21-47)43(59)42(55-46(61)63-4)32-9-7-6-8-10-32;1-3-2;1-2/h6-18,23-26,37,42H,5,19-22,27-29,49H2,1-4H3,(H,50,53)(H,51,54)(H,52,60)(H,55,61);3H2,1-2H3;1-2H/t37-,42?,48+;;/m1../s1. The normalized spacial score (nSPS) is 17.1. The van der Waals surface area contributed by atoms with E-state index in [0.29, 0.717) is 30.3 Å². The second-order valence-electron chi connectivity index (χ2n) is 17.5. The summed E-state index contributed by atoms with van der Waals surface area (Å²) >= 11 is 0. The van der Waals surface area contributed by atoms with E-state index in [-0.39, 0.29) is 36.2 Å². The van der Waals surface area contributed by atoms with E-state index >= 15 is 0 Å². The average molecular weight is 922 g/mol. The first-order chi connectivity index (χ1) is 32.8. The van der Waals surface area contributed by atoms with Crippen LogP contribution in [0.4, 0.5) is 9.59 Å². The molecular formula is C53H63N9O6. The van der Waals surface area contributed by atoms with Crippen molar-refractivity contribution in [3.05, 3.63) is 121 Å². The maximum absolute atomic E-state index is 14.2. The summed E-state index contributed by atoms with van der Waals surface area (Å²) in [6.07, 6.45) is 15.0. The molecule has 6 N–H and O–H groups in total. The summed E-state index contributed by atoms with van der Waals surface area (Å²) in [5.74, 6) is 0.589. The van der Waals surface area contributed by atoms with E-state index in [1.165, 1.54) is 20.6 Å². The van der Waals surface area contributed by atoms with Crippen LogP contribution in [0.25, 0.3) is 44.4 Å². The molecule has 15 nitrogen and oxygen atoms in total. The van der Waals surface area contributed by atoms with Gasteiger partial charge >= 0.3 is 12.2 Å². The Labute approximate surface area is 398 Å². The number of carbonyl (C=O) groups excluding carboxylic acids is 4. The van der Waals surface area contributed by atoms with Crippen LogP contribution >= 0.6 is 0 Å². The maximum atomic E-state index is 14.2. The molecule has 0 spiro atoms. The number of hydrogen-bond acceptors (Lipinski definition) is 9. The Balaban J connectivity index is 0.00000146. The van der Waals surface area contributed by atoms with Crippen LogP contribution < -0.4 is 16.4 Å². The van der Waals surface area contributed by atoms with Gasteiger partial charge < -0.3 is 45.6 Å². The van der Waals surface area contributed by atoms with Gasteiger partial charge in [0.25, 0.3) is 0 Å². The number of alkyl carbamates (subject to hydrolysis) is 2. The van der Waals surface area contributed by atoms with Gasteiger partial charge in [0.1, 0.15) is 24.2 Å². The molecule has 0 radical (unpaired) electrons. The fraction of sp³-hybridized carbons (Fsp3) is 0.358. The molecular weight excluding hydrogens is 859 g/mol. The Hall–Kier alpha value is -7.44. The maximum Gasteiger partial charge on any atom is 0.407 e. The van der Waals surface area contributed by atoms with Crippen molar-refractivity contribution in [2.24, 2.45) is 17.1 Å². The zero-order valence-corrected chi connectivity index (χ0v) is 39.8. The second-order valence-corrected chi connectivity index (χ2v) is 17.5. The van der Waals surface area contributed by atoms with Crippen LogP contribution in [0, 0.1) is 24.2 Å². The average Bonchev–Trinajstić information content (AvgIpc) is 3.71. The van der Waals surface area contributed by atoms with Crippen molar-refractivity contribution in [2.45, 2.75) is 78.0 Å². The van der Waals surface area contributed by atoms with Crippen molar-refractivity contribution in [3.8, 4) is 46.5 Å². The molecule has 15 heteroatoms. The molecule has 3 heterocycles. The molecule has 0 bridgehead atoms. The summed E-state index contributed by atoms with van der Waals surface area (Å²) < 4.78 is 9.50. The van der Waals surface area contributed by atoms with Gasteiger partial charge in [0, 0.05) is 24.6 Å². The van der Waals surface area contributed by atoms with Crippen molar-refractivity contribution >= 4 is 34.8 Å². The van der Waals surface area contributed by atoms with Gasteiger partial charge in [-0.25, -0.2) is 19.6 Å². The molecule has 3 atom stereocenters. The number of benzene rings is 4. The minimum Gasteiger partial charge on any atom is -0.453 e. The van der Waals surface area contributed by atoms with Gasteiger partial charge in [-0.05, 0) is 76.3 Å². The summed E-state index contributed by atoms with van der Waals surface area (Å²) in [6, 6.07) is 29.1. The molecule has 68 heavy (non-hydrogen) atoms. The van der Waals surface area contributed by atoms with E-state index in [0.717, 1.165) is 70.1 Å². The molecule has 356 valence electrons. The third-order valence-electron chi connectivity index (χ3n) is 12.6. The molecule has 8 rings (SSSR count). The van der Waals surface area contributed by atoms with Gasteiger partial charge in [-0.3, -0.25) is 9.59 Å². The molecule has 6 aromatic rings. The molecule has 4 amide bonds. The topological polar surface area (TPSA) is 201 Å². The third-order valence-corrected chi connectivity index (χ3v) is 12.6. The van der Waals surface area contributed by atoms with Crippen LogP contribution in [-0.2, 0) is 31.3 Å². The van der Waals surface area contributed by atoms with E-state index < -0.39 is 23.9 Å². The van der Waals surface area contributed by atoms with Crippen LogP contribution in [0.2, 0.25) is 0 Å². The number of nitrogens with two attached hydrogens (primary N) is 1. The molecule has 1 aliphatic heterocycles. The van der Waals surface area contributed by atoms with E-state index in [1.807, 2.05) is 49.4 Å². The fourth-order valence-corrected chi connectivity index (χ4v) is 8.61. The first-order valence-corrected chi connectivity index (χ1v) is 23.0. The lowest BCUT2D eigenvalue weighted by Crippen LogP contribution is -2.57. The molecule has 2 fully saturated rings. The highest BCUT2D eigenvalue weighted by Crippen LogP contribution is 2.46. The van der Waals surface area contributed by atoms with Gasteiger partial charge in [0.05, 0.1) is 44.5 Å². The Morgan fingerprint density at radius 2 is 1.41 bits per heavy atom. The highest BCUT2D eigenvalue weighted by molar-refractivity contribution is 5.91. The number of H-pyrrole nitrogens is 2. The zero-order valence-electron chi connectivity index (χ0n) is 39.8. The molecule has 1 aliphatic carbocycles. The SMILES string of the molecule is C#C.CCC.CC[C@@H]1CCN(C(=O)CNC(=O)OC)[C@]1(N)c1ncc(-c2ccc(-c3ccc4cc(-c5cnc(CN(CC6(C)CC6)C(=O)C(NC(=O)OC)c6ccccc6)[nH]5)ccc4c3)cc2)[nH]1. The first-order valence-electron chi connectivity index (χ1n) is 23.0. The summed E-state index contributed by atoms with van der Waals surface area (Å²) in [5, 5.41) is 7.34. The number of aromatic nitrogens is 4. The fourth-order valence-electron chi connectivity index (χ4n) is 8.61. The second kappa shape index (κ2) is 22.4. The zero-order chi connectivity index (χ0) is 49.0. The number of imidazole rings is 2. The molecule has 2 aromatic heterocycles. The van der Waals surface area contributed by atoms with E-state index in [9.17, 15) is 19.2 Å². The van der Waals surface area contributed by atoms with Gasteiger partial charge in [0.15, 0.2) is 5.66 Å². The Morgan fingerprint density at radius 3 is 2.04 bits per heavy atom. The Morgan fingerprint density at radius 1 is 0.824 bits per heavy atom. The highest BCUT2D eigenvalue weighted by atomic mass is 16.5. The number of methoxy groups -OCH3 is 2. The number of terminal acetylenes is 1.